The summed E-state index contributed by atoms with van der Waals surface area (Å²) in [5.41, 5.74) is 2.72. The zero-order valence-electron chi connectivity index (χ0n) is 24.9. The Morgan fingerprint density at radius 1 is 0.886 bits per heavy atom. The van der Waals surface area contributed by atoms with Crippen molar-refractivity contribution in [1.29, 1.82) is 0 Å². The number of aromatic nitrogens is 1. The first-order valence-corrected chi connectivity index (χ1v) is 14.9. The number of likely N-dealkylation sites (tertiary alicyclic amines) is 1. The van der Waals surface area contributed by atoms with Gasteiger partial charge in [-0.3, -0.25) is 14.5 Å². The van der Waals surface area contributed by atoms with E-state index in [2.05, 4.69) is 9.80 Å². The van der Waals surface area contributed by atoms with Gasteiger partial charge in [0.15, 0.2) is 17.3 Å². The molecule has 10 heteroatoms. The summed E-state index contributed by atoms with van der Waals surface area (Å²) >= 11 is 0. The second-order valence-electron chi connectivity index (χ2n) is 11.4. The van der Waals surface area contributed by atoms with E-state index in [0.717, 1.165) is 37.0 Å². The fourth-order valence-corrected chi connectivity index (χ4v) is 6.32. The van der Waals surface area contributed by atoms with Gasteiger partial charge >= 0.3 is 5.97 Å². The van der Waals surface area contributed by atoms with Gasteiger partial charge in [0.25, 0.3) is 0 Å². The molecule has 0 amide bonds. The largest absolute Gasteiger partial charge is 0.492 e. The summed E-state index contributed by atoms with van der Waals surface area (Å²) in [5.74, 6) is -1.85. The lowest BCUT2D eigenvalue weighted by atomic mass is 10.1. The van der Waals surface area contributed by atoms with Crippen LogP contribution >= 0.6 is 0 Å². The highest BCUT2D eigenvalue weighted by Crippen LogP contribution is 2.40. The number of carboxylic acids is 1. The molecule has 0 bridgehead atoms. The first-order chi connectivity index (χ1) is 21.2. The van der Waals surface area contributed by atoms with Crippen LogP contribution < -0.4 is 20.0 Å². The number of ketones is 1. The molecule has 0 atom stereocenters. The predicted molar refractivity (Wildman–Crippen MR) is 168 cm³/mol. The van der Waals surface area contributed by atoms with Crippen LogP contribution in [0, 0.1) is 5.82 Å². The van der Waals surface area contributed by atoms with Crippen LogP contribution in [0.1, 0.15) is 46.0 Å². The first kappa shape index (κ1) is 29.4. The van der Waals surface area contributed by atoms with Crippen LogP contribution in [-0.4, -0.2) is 72.7 Å². The van der Waals surface area contributed by atoms with Crippen molar-refractivity contribution < 1.29 is 23.8 Å². The molecular formula is C34H35FN4O5. The van der Waals surface area contributed by atoms with Crippen LogP contribution in [0.25, 0.3) is 16.6 Å². The number of halogens is 1. The molecule has 228 valence electrons. The third kappa shape index (κ3) is 5.53. The number of hydrogen-bond acceptors (Lipinski definition) is 7. The zero-order chi connectivity index (χ0) is 31.0. The third-order valence-corrected chi connectivity index (χ3v) is 8.66. The number of nitrogens with zero attached hydrogens (tertiary/aromatic N) is 4. The van der Waals surface area contributed by atoms with Crippen LogP contribution in [-0.2, 0) is 6.54 Å². The molecule has 0 radical (unpaired) electrons. The Bertz CT molecular complexity index is 1770. The van der Waals surface area contributed by atoms with Gasteiger partial charge in [-0.05, 0) is 80.9 Å². The maximum absolute atomic E-state index is 15.9. The molecule has 3 heterocycles. The summed E-state index contributed by atoms with van der Waals surface area (Å²) in [7, 11) is 1.43. The van der Waals surface area contributed by atoms with E-state index in [1.165, 1.54) is 33.1 Å². The standard InChI is InChI=1S/C34H35FN4O5/c1-22(40)24-7-11-25(12-8-24)37-15-17-38(18-16-37)31-29(35)19-27-30(33(31)44-2)39(21-28(32(27)41)34(42)43)26-9-5-23(6-10-26)20-36-13-3-4-14-36/h5-12,19,21H,3-4,13-18,20H2,1-2H3,(H,42,43). The van der Waals surface area contributed by atoms with Gasteiger partial charge < -0.3 is 24.2 Å². The summed E-state index contributed by atoms with van der Waals surface area (Å²) < 4.78 is 23.4. The van der Waals surface area contributed by atoms with Gasteiger partial charge in [0.1, 0.15) is 16.8 Å². The van der Waals surface area contributed by atoms with E-state index in [1.807, 2.05) is 41.3 Å². The maximum atomic E-state index is 15.9. The molecule has 6 rings (SSSR count). The lowest BCUT2D eigenvalue weighted by Gasteiger charge is -2.38. The van der Waals surface area contributed by atoms with E-state index >= 15 is 4.39 Å². The molecule has 1 N–H and O–H groups in total. The summed E-state index contributed by atoms with van der Waals surface area (Å²) in [6, 6.07) is 16.3. The van der Waals surface area contributed by atoms with E-state index in [0.29, 0.717) is 42.9 Å². The smallest absolute Gasteiger partial charge is 0.341 e. The van der Waals surface area contributed by atoms with Crippen LogP contribution in [0.2, 0.25) is 0 Å². The number of fused-ring (bicyclic) bond motifs is 1. The molecule has 2 fully saturated rings. The number of rotatable bonds is 8. The van der Waals surface area contributed by atoms with Gasteiger partial charge in [-0.1, -0.05) is 12.1 Å². The lowest BCUT2D eigenvalue weighted by molar-refractivity contribution is 0.0694. The van der Waals surface area contributed by atoms with Crippen molar-refractivity contribution in [3.63, 3.8) is 0 Å². The molecule has 0 spiro atoms. The topological polar surface area (TPSA) is 95.3 Å². The van der Waals surface area contributed by atoms with E-state index in [-0.39, 0.29) is 22.6 Å². The number of hydrogen-bond donors (Lipinski definition) is 1. The van der Waals surface area contributed by atoms with E-state index < -0.39 is 22.8 Å². The minimum Gasteiger partial charge on any atom is -0.492 e. The highest BCUT2D eigenvalue weighted by atomic mass is 19.1. The number of methoxy groups -OCH3 is 1. The second kappa shape index (κ2) is 12.1. The normalized spacial score (nSPS) is 15.6. The minimum atomic E-state index is -1.38. The lowest BCUT2D eigenvalue weighted by Crippen LogP contribution is -2.47. The van der Waals surface area contributed by atoms with Crippen molar-refractivity contribution in [1.82, 2.24) is 9.47 Å². The molecule has 2 aliphatic rings. The van der Waals surface area contributed by atoms with Crippen molar-refractivity contribution in [2.24, 2.45) is 0 Å². The quantitative estimate of drug-likeness (QED) is 0.285. The van der Waals surface area contributed by atoms with Gasteiger partial charge in [0.2, 0.25) is 5.43 Å². The number of ether oxygens (including phenoxy) is 1. The summed E-state index contributed by atoms with van der Waals surface area (Å²) in [6.45, 7) is 6.67. The number of carbonyl (C=O) groups excluding carboxylic acids is 1. The maximum Gasteiger partial charge on any atom is 0.341 e. The highest BCUT2D eigenvalue weighted by molar-refractivity contribution is 5.98. The van der Waals surface area contributed by atoms with E-state index in [4.69, 9.17) is 4.74 Å². The second-order valence-corrected chi connectivity index (χ2v) is 11.4. The van der Waals surface area contributed by atoms with Gasteiger partial charge in [-0.2, -0.15) is 0 Å². The minimum absolute atomic E-state index is 0.00668. The number of aromatic carboxylic acids is 1. The Balaban J connectivity index is 1.38. The Hall–Kier alpha value is -4.70. The van der Waals surface area contributed by atoms with Crippen molar-refractivity contribution >= 4 is 34.0 Å². The monoisotopic (exact) mass is 598 g/mol. The number of Topliss-reactive ketones (excluding diaryl/α,β-unsaturated/α-hetero) is 1. The van der Waals surface area contributed by atoms with Gasteiger partial charge in [-0.25, -0.2) is 9.18 Å². The van der Waals surface area contributed by atoms with Crippen LogP contribution in [0.15, 0.2) is 65.6 Å². The highest BCUT2D eigenvalue weighted by Gasteiger charge is 2.28. The molecule has 1 aromatic heterocycles. The number of carboxylic acid groups (broad SMARTS) is 1. The van der Waals surface area contributed by atoms with Gasteiger partial charge in [-0.15, -0.1) is 0 Å². The third-order valence-electron chi connectivity index (χ3n) is 8.66. The molecule has 0 aliphatic carbocycles. The van der Waals surface area contributed by atoms with E-state index in [1.54, 1.807) is 16.7 Å². The number of piperazine rings is 1. The van der Waals surface area contributed by atoms with Crippen molar-refractivity contribution in [2.45, 2.75) is 26.3 Å². The number of anilines is 2. The first-order valence-electron chi connectivity index (χ1n) is 14.9. The average molecular weight is 599 g/mol. The molecule has 44 heavy (non-hydrogen) atoms. The number of pyridine rings is 1. The van der Waals surface area contributed by atoms with Gasteiger partial charge in [0, 0.05) is 55.9 Å². The molecule has 0 unspecified atom stereocenters. The van der Waals surface area contributed by atoms with Crippen molar-refractivity contribution in [2.75, 3.05) is 56.2 Å². The Kier molecular flexibility index (Phi) is 8.09. The summed E-state index contributed by atoms with van der Waals surface area (Å²) in [6.07, 6.45) is 3.69. The fraction of sp³-hybridized carbons (Fsp3) is 0.324. The molecule has 2 saturated heterocycles. The van der Waals surface area contributed by atoms with Crippen LogP contribution in [0.5, 0.6) is 5.75 Å². The summed E-state index contributed by atoms with van der Waals surface area (Å²) in [4.78, 5) is 43.5. The molecule has 4 aromatic rings. The Labute approximate surface area is 254 Å². The molecule has 3 aromatic carbocycles. The zero-order valence-corrected chi connectivity index (χ0v) is 24.9. The number of benzene rings is 3. The van der Waals surface area contributed by atoms with Crippen molar-refractivity contribution in [3.8, 4) is 11.4 Å². The molecular weight excluding hydrogens is 563 g/mol. The summed E-state index contributed by atoms with van der Waals surface area (Å²) in [5, 5.41) is 9.78. The van der Waals surface area contributed by atoms with Gasteiger partial charge in [0.05, 0.1) is 12.5 Å². The Morgan fingerprint density at radius 2 is 1.50 bits per heavy atom. The van der Waals surface area contributed by atoms with Crippen molar-refractivity contribution in [3.05, 3.63) is 93.5 Å². The van der Waals surface area contributed by atoms with Crippen LogP contribution in [0.4, 0.5) is 15.8 Å². The Morgan fingerprint density at radius 3 is 2.09 bits per heavy atom. The molecule has 0 saturated carbocycles. The fourth-order valence-electron chi connectivity index (χ4n) is 6.32. The number of carbonyl (C=O) groups is 2. The molecule has 9 nitrogen and oxygen atoms in total. The van der Waals surface area contributed by atoms with Crippen LogP contribution in [0.3, 0.4) is 0 Å². The predicted octanol–water partition coefficient (Wildman–Crippen LogP) is 4.96. The average Bonchev–Trinajstić information content (AvgIpc) is 3.54. The molecule has 2 aliphatic heterocycles. The van der Waals surface area contributed by atoms with E-state index in [9.17, 15) is 19.5 Å². The SMILES string of the molecule is COc1c(N2CCN(c3ccc(C(C)=O)cc3)CC2)c(F)cc2c(=O)c(C(=O)O)cn(-c3ccc(CN4CCCC4)cc3)c12.